The highest BCUT2D eigenvalue weighted by atomic mass is 32.1. The van der Waals surface area contributed by atoms with E-state index >= 15 is 0 Å². The lowest BCUT2D eigenvalue weighted by Gasteiger charge is -2.27. The molecule has 44 heavy (non-hydrogen) atoms. The van der Waals surface area contributed by atoms with Crippen LogP contribution < -0.4 is 20.7 Å². The summed E-state index contributed by atoms with van der Waals surface area (Å²) >= 11 is 1.27. The summed E-state index contributed by atoms with van der Waals surface area (Å²) in [5, 5.41) is 11.0. The van der Waals surface area contributed by atoms with Crippen molar-refractivity contribution in [1.29, 1.82) is 0 Å². The Morgan fingerprint density at radius 3 is 2.34 bits per heavy atom. The summed E-state index contributed by atoms with van der Waals surface area (Å²) in [4.78, 5) is 63.5. The Kier molecular flexibility index (Phi) is 10.4. The maximum Gasteiger partial charge on any atom is 0.273 e. The highest BCUT2D eigenvalue weighted by Crippen LogP contribution is 2.27. The second kappa shape index (κ2) is 14.0. The van der Waals surface area contributed by atoms with E-state index in [2.05, 4.69) is 25.9 Å². The second-order valence-corrected chi connectivity index (χ2v) is 12.7. The van der Waals surface area contributed by atoms with E-state index in [0.29, 0.717) is 10.8 Å². The molecular weight excluding hydrogens is 584 g/mol. The second-order valence-electron chi connectivity index (χ2n) is 11.8. The monoisotopic (exact) mass is 624 g/mol. The van der Waals surface area contributed by atoms with E-state index in [1.807, 2.05) is 46.8 Å². The Morgan fingerprint density at radius 1 is 1.00 bits per heavy atom. The van der Waals surface area contributed by atoms with E-state index in [4.69, 9.17) is 9.15 Å². The van der Waals surface area contributed by atoms with Crippen LogP contribution in [0.25, 0.3) is 0 Å². The SMILES string of the molecule is Cc1ccc(OCC(=O)N2CC(=O)N[C@@H](C(C)C)c3nc(cs3)C(=O)N[C@H](C(C)C)c3nc(c(C)o3)C(=O)N[C@H](C)C2)cc1. The number of carbonyl (C=O) groups excluding carboxylic acids is 4. The van der Waals surface area contributed by atoms with Gasteiger partial charge >= 0.3 is 0 Å². The first-order valence-electron chi connectivity index (χ1n) is 14.6. The molecule has 0 unspecified atom stereocenters. The molecule has 0 radical (unpaired) electrons. The van der Waals surface area contributed by atoms with Crippen LogP contribution in [0.4, 0.5) is 0 Å². The number of benzene rings is 1. The molecule has 3 heterocycles. The molecule has 3 aromatic rings. The van der Waals surface area contributed by atoms with Crippen molar-refractivity contribution in [3.05, 3.63) is 63.3 Å². The topological polar surface area (TPSA) is 156 Å². The molecule has 2 aromatic heterocycles. The Morgan fingerprint density at radius 2 is 1.68 bits per heavy atom. The van der Waals surface area contributed by atoms with Crippen molar-refractivity contribution in [3.63, 3.8) is 0 Å². The smallest absolute Gasteiger partial charge is 0.273 e. The number of amides is 4. The summed E-state index contributed by atoms with van der Waals surface area (Å²) in [7, 11) is 0. The van der Waals surface area contributed by atoms with Gasteiger partial charge in [-0.05, 0) is 44.7 Å². The molecule has 1 aliphatic rings. The van der Waals surface area contributed by atoms with E-state index in [0.717, 1.165) is 5.56 Å². The zero-order valence-electron chi connectivity index (χ0n) is 26.1. The first-order valence-corrected chi connectivity index (χ1v) is 15.5. The number of hydrogen-bond acceptors (Lipinski definition) is 9. The maximum atomic E-state index is 13.4. The zero-order valence-corrected chi connectivity index (χ0v) is 26.9. The third-order valence-electron chi connectivity index (χ3n) is 7.19. The van der Waals surface area contributed by atoms with Crippen molar-refractivity contribution >= 4 is 35.0 Å². The van der Waals surface area contributed by atoms with Gasteiger partial charge in [0.2, 0.25) is 11.8 Å². The molecule has 13 heteroatoms. The van der Waals surface area contributed by atoms with Crippen molar-refractivity contribution in [2.45, 2.75) is 66.6 Å². The Hall–Kier alpha value is -4.26. The first-order chi connectivity index (χ1) is 20.8. The van der Waals surface area contributed by atoms with E-state index in [1.54, 1.807) is 31.4 Å². The minimum atomic E-state index is -0.619. The zero-order chi connectivity index (χ0) is 32.1. The van der Waals surface area contributed by atoms with Gasteiger partial charge in [-0.2, -0.15) is 0 Å². The summed E-state index contributed by atoms with van der Waals surface area (Å²) in [5.74, 6) is -0.920. The standard InChI is InChI=1S/C31H40N6O6S/c1-16(2)25-30-36-27(20(7)43-30)29(41)32-19(6)12-37(24(39)14-42-21-10-8-18(5)9-11-21)13-23(38)34-26(17(3)4)31-33-22(15-44-31)28(40)35-25/h8-11,15-17,19,25-26H,12-14H2,1-7H3,(H,32,41)(H,34,38)(H,35,40)/t19-,25-,26+/m1/s1. The molecule has 3 atom stereocenters. The number of carbonyl (C=O) groups is 4. The number of oxazole rings is 1. The number of nitrogens with one attached hydrogen (secondary N) is 3. The van der Waals surface area contributed by atoms with Crippen LogP contribution in [-0.2, 0) is 9.59 Å². The molecular formula is C31H40N6O6S. The number of fused-ring (bicyclic) bond motifs is 4. The summed E-state index contributed by atoms with van der Waals surface area (Å²) in [5.41, 5.74) is 1.32. The fourth-order valence-electron chi connectivity index (χ4n) is 4.72. The third kappa shape index (κ3) is 8.01. The van der Waals surface area contributed by atoms with Crippen LogP contribution in [0.1, 0.15) is 89.9 Å². The quantitative estimate of drug-likeness (QED) is 0.388. The number of aryl methyl sites for hydroxylation is 2. The van der Waals surface area contributed by atoms with Crippen molar-refractivity contribution < 1.29 is 28.3 Å². The van der Waals surface area contributed by atoms with E-state index in [1.165, 1.54) is 16.2 Å². The Balaban J connectivity index is 1.65. The van der Waals surface area contributed by atoms with Gasteiger partial charge in [-0.15, -0.1) is 11.3 Å². The van der Waals surface area contributed by atoms with Crippen LogP contribution in [0.2, 0.25) is 0 Å². The predicted octanol–water partition coefficient (Wildman–Crippen LogP) is 3.73. The number of ether oxygens (including phenoxy) is 1. The number of rotatable bonds is 5. The highest BCUT2D eigenvalue weighted by Gasteiger charge is 2.31. The van der Waals surface area contributed by atoms with Gasteiger partial charge in [0.05, 0.1) is 12.6 Å². The molecule has 0 fully saturated rings. The van der Waals surface area contributed by atoms with Gasteiger partial charge in [0.15, 0.2) is 12.3 Å². The maximum absolute atomic E-state index is 13.4. The molecule has 12 nitrogen and oxygen atoms in total. The Bertz CT molecular complexity index is 1500. The van der Waals surface area contributed by atoms with Crippen LogP contribution >= 0.6 is 11.3 Å². The average Bonchev–Trinajstić information content (AvgIpc) is 3.60. The molecule has 4 bridgehead atoms. The average molecular weight is 625 g/mol. The van der Waals surface area contributed by atoms with Crippen molar-refractivity contribution in [3.8, 4) is 5.75 Å². The summed E-state index contributed by atoms with van der Waals surface area (Å²) in [6.45, 7) is 12.5. The number of hydrogen-bond donors (Lipinski definition) is 3. The summed E-state index contributed by atoms with van der Waals surface area (Å²) in [6.07, 6.45) is 0. The molecule has 4 amide bonds. The molecule has 0 saturated carbocycles. The lowest BCUT2D eigenvalue weighted by Crippen LogP contribution is -2.49. The minimum Gasteiger partial charge on any atom is -0.484 e. The molecule has 3 N–H and O–H groups in total. The molecule has 0 saturated heterocycles. The van der Waals surface area contributed by atoms with Crippen LogP contribution in [0, 0.1) is 25.7 Å². The van der Waals surface area contributed by atoms with Crippen molar-refractivity contribution in [2.75, 3.05) is 19.7 Å². The van der Waals surface area contributed by atoms with E-state index in [-0.39, 0.29) is 54.6 Å². The van der Waals surface area contributed by atoms with Gasteiger partial charge in [-0.3, -0.25) is 19.2 Å². The van der Waals surface area contributed by atoms with Gasteiger partial charge in [-0.25, -0.2) is 9.97 Å². The van der Waals surface area contributed by atoms with Gasteiger partial charge < -0.3 is 30.0 Å². The van der Waals surface area contributed by atoms with Gasteiger partial charge in [-0.1, -0.05) is 45.4 Å². The molecule has 4 rings (SSSR count). The van der Waals surface area contributed by atoms with Crippen LogP contribution in [0.15, 0.2) is 34.1 Å². The number of thiazole rings is 1. The van der Waals surface area contributed by atoms with E-state index < -0.39 is 41.8 Å². The first kappa shape index (κ1) is 32.6. The van der Waals surface area contributed by atoms with E-state index in [9.17, 15) is 19.2 Å². The molecule has 1 aliphatic heterocycles. The van der Waals surface area contributed by atoms with Gasteiger partial charge in [0, 0.05) is 18.0 Å². The largest absolute Gasteiger partial charge is 0.484 e. The third-order valence-corrected chi connectivity index (χ3v) is 8.12. The van der Waals surface area contributed by atoms with Crippen LogP contribution in [0.3, 0.4) is 0 Å². The van der Waals surface area contributed by atoms with Gasteiger partial charge in [0.1, 0.15) is 28.3 Å². The normalized spacial score (nSPS) is 20.1. The van der Waals surface area contributed by atoms with Crippen molar-refractivity contribution in [2.24, 2.45) is 11.8 Å². The molecule has 0 spiro atoms. The Labute approximate surface area is 261 Å². The molecule has 0 aliphatic carbocycles. The molecule has 1 aromatic carbocycles. The van der Waals surface area contributed by atoms with Gasteiger partial charge in [0.25, 0.3) is 17.7 Å². The summed E-state index contributed by atoms with van der Waals surface area (Å²) < 4.78 is 11.6. The lowest BCUT2D eigenvalue weighted by atomic mass is 10.0. The summed E-state index contributed by atoms with van der Waals surface area (Å²) in [6, 6.07) is 5.62. The van der Waals surface area contributed by atoms with Crippen LogP contribution in [0.5, 0.6) is 5.75 Å². The highest BCUT2D eigenvalue weighted by molar-refractivity contribution is 7.09. The van der Waals surface area contributed by atoms with Crippen LogP contribution in [-0.4, -0.2) is 64.2 Å². The number of aromatic nitrogens is 2. The fraction of sp³-hybridized carbons (Fsp3) is 0.484. The van der Waals surface area contributed by atoms with Crippen molar-refractivity contribution in [1.82, 2.24) is 30.8 Å². The molecule has 236 valence electrons. The lowest BCUT2D eigenvalue weighted by molar-refractivity contribution is -0.138. The number of nitrogens with zero attached hydrogens (tertiary/aromatic N) is 3. The fourth-order valence-corrected chi connectivity index (χ4v) is 5.74. The minimum absolute atomic E-state index is 0.0391. The predicted molar refractivity (Wildman–Crippen MR) is 164 cm³/mol.